The zero-order chi connectivity index (χ0) is 17.4. The predicted molar refractivity (Wildman–Crippen MR) is 93.8 cm³/mol. The minimum atomic E-state index is -2.84. The number of aryl methyl sites for hydroxylation is 1. The Morgan fingerprint density at radius 2 is 2.04 bits per heavy atom. The summed E-state index contributed by atoms with van der Waals surface area (Å²) in [4.78, 5) is 14.7. The summed E-state index contributed by atoms with van der Waals surface area (Å²) in [6.07, 6.45) is 5.64. The SMILES string of the molecule is O=C(NCc1n[nH]c2c1CCC2)C1CCN([C@@H]2CCS(=O)(=O)C2)CC1. The van der Waals surface area contributed by atoms with Gasteiger partial charge in [-0.1, -0.05) is 0 Å². The molecule has 1 aromatic heterocycles. The van der Waals surface area contributed by atoms with Gasteiger partial charge in [-0.2, -0.15) is 5.10 Å². The molecule has 25 heavy (non-hydrogen) atoms. The van der Waals surface area contributed by atoms with Crippen LogP contribution in [0.3, 0.4) is 0 Å². The summed E-state index contributed by atoms with van der Waals surface area (Å²) in [6.45, 7) is 2.14. The molecule has 0 radical (unpaired) electrons. The van der Waals surface area contributed by atoms with Crippen molar-refractivity contribution in [3.05, 3.63) is 17.0 Å². The average Bonchev–Trinajstić information content (AvgIpc) is 3.29. The zero-order valence-electron chi connectivity index (χ0n) is 14.5. The zero-order valence-corrected chi connectivity index (χ0v) is 15.3. The van der Waals surface area contributed by atoms with Gasteiger partial charge < -0.3 is 5.32 Å². The van der Waals surface area contributed by atoms with E-state index >= 15 is 0 Å². The van der Waals surface area contributed by atoms with E-state index in [0.29, 0.717) is 12.3 Å². The highest BCUT2D eigenvalue weighted by atomic mass is 32.2. The van der Waals surface area contributed by atoms with Gasteiger partial charge in [0.1, 0.15) is 0 Å². The molecule has 1 aromatic rings. The predicted octanol–water partition coefficient (Wildman–Crippen LogP) is 0.414. The molecule has 2 fully saturated rings. The maximum absolute atomic E-state index is 12.5. The first-order chi connectivity index (χ1) is 12.0. The number of likely N-dealkylation sites (tertiary alicyclic amines) is 1. The Morgan fingerprint density at radius 1 is 1.24 bits per heavy atom. The highest BCUT2D eigenvalue weighted by Crippen LogP contribution is 2.25. The van der Waals surface area contributed by atoms with Gasteiger partial charge in [0.2, 0.25) is 5.91 Å². The standard InChI is InChI=1S/C17H26N4O3S/c22-17(18-10-16-14-2-1-3-15(14)19-20-16)12-4-7-21(8-5-12)13-6-9-25(23,24)11-13/h12-13H,1-11H2,(H,18,22)(H,19,20)/t13-/m1/s1. The molecule has 7 nitrogen and oxygen atoms in total. The minimum absolute atomic E-state index is 0.0289. The monoisotopic (exact) mass is 366 g/mol. The first-order valence-corrected chi connectivity index (χ1v) is 11.1. The van der Waals surface area contributed by atoms with Crippen molar-refractivity contribution in [2.45, 2.75) is 51.1 Å². The second-order valence-corrected chi connectivity index (χ2v) is 9.79. The van der Waals surface area contributed by atoms with Gasteiger partial charge in [-0.25, -0.2) is 8.42 Å². The summed E-state index contributed by atoms with van der Waals surface area (Å²) in [7, 11) is -2.84. The Balaban J connectivity index is 1.25. The molecule has 0 unspecified atom stereocenters. The summed E-state index contributed by atoms with van der Waals surface area (Å²) in [5.74, 6) is 0.731. The molecule has 4 rings (SSSR count). The van der Waals surface area contributed by atoms with Crippen molar-refractivity contribution < 1.29 is 13.2 Å². The number of rotatable bonds is 4. The van der Waals surface area contributed by atoms with E-state index in [1.165, 1.54) is 17.7 Å². The van der Waals surface area contributed by atoms with Crippen molar-refractivity contribution in [2.75, 3.05) is 24.6 Å². The summed E-state index contributed by atoms with van der Waals surface area (Å²) in [5, 5.41) is 10.5. The van der Waals surface area contributed by atoms with Gasteiger partial charge in [0.25, 0.3) is 0 Å². The molecule has 3 aliphatic rings. The van der Waals surface area contributed by atoms with Crippen LogP contribution in [0.4, 0.5) is 0 Å². The number of hydrogen-bond acceptors (Lipinski definition) is 5. The van der Waals surface area contributed by atoms with E-state index < -0.39 is 9.84 Å². The van der Waals surface area contributed by atoms with Crippen LogP contribution in [0.15, 0.2) is 0 Å². The number of hydrogen-bond donors (Lipinski definition) is 2. The summed E-state index contributed by atoms with van der Waals surface area (Å²) in [5.41, 5.74) is 3.50. The van der Waals surface area contributed by atoms with E-state index in [9.17, 15) is 13.2 Å². The third-order valence-electron chi connectivity index (χ3n) is 5.95. The number of piperidine rings is 1. The van der Waals surface area contributed by atoms with Gasteiger partial charge in [-0.3, -0.25) is 14.8 Å². The average molecular weight is 366 g/mol. The van der Waals surface area contributed by atoms with Gasteiger partial charge in [0.05, 0.1) is 23.7 Å². The lowest BCUT2D eigenvalue weighted by Gasteiger charge is -2.34. The Morgan fingerprint density at radius 3 is 2.76 bits per heavy atom. The first-order valence-electron chi connectivity index (χ1n) is 9.29. The Hall–Kier alpha value is -1.41. The van der Waals surface area contributed by atoms with Crippen LogP contribution in [0.5, 0.6) is 0 Å². The second kappa shape index (κ2) is 6.72. The first kappa shape index (κ1) is 17.0. The van der Waals surface area contributed by atoms with E-state index in [0.717, 1.165) is 50.9 Å². The van der Waals surface area contributed by atoms with Crippen molar-refractivity contribution in [1.82, 2.24) is 20.4 Å². The number of nitrogens with zero attached hydrogens (tertiary/aromatic N) is 2. The smallest absolute Gasteiger partial charge is 0.223 e. The maximum Gasteiger partial charge on any atom is 0.223 e. The molecule has 1 aliphatic carbocycles. The Bertz CT molecular complexity index is 750. The number of nitrogens with one attached hydrogen (secondary N) is 2. The van der Waals surface area contributed by atoms with Crippen LogP contribution in [-0.4, -0.2) is 60.1 Å². The van der Waals surface area contributed by atoms with Crippen molar-refractivity contribution in [3.63, 3.8) is 0 Å². The largest absolute Gasteiger partial charge is 0.350 e. The fourth-order valence-corrected chi connectivity index (χ4v) is 6.20. The van der Waals surface area contributed by atoms with E-state index in [-0.39, 0.29) is 23.6 Å². The van der Waals surface area contributed by atoms with Crippen LogP contribution in [0.25, 0.3) is 0 Å². The molecule has 138 valence electrons. The molecule has 2 N–H and O–H groups in total. The molecular weight excluding hydrogens is 340 g/mol. The lowest BCUT2D eigenvalue weighted by atomic mass is 9.94. The van der Waals surface area contributed by atoms with Crippen LogP contribution in [0, 0.1) is 5.92 Å². The number of H-pyrrole nitrogens is 1. The highest BCUT2D eigenvalue weighted by molar-refractivity contribution is 7.91. The number of fused-ring (bicyclic) bond motifs is 1. The number of sulfone groups is 1. The summed E-state index contributed by atoms with van der Waals surface area (Å²) in [6, 6.07) is 0.153. The molecule has 1 amide bonds. The number of aromatic nitrogens is 2. The number of carbonyl (C=O) groups excluding carboxylic acids is 1. The maximum atomic E-state index is 12.5. The third kappa shape index (κ3) is 3.60. The second-order valence-electron chi connectivity index (χ2n) is 7.57. The number of carbonyl (C=O) groups is 1. The topological polar surface area (TPSA) is 95.2 Å². The van der Waals surface area contributed by atoms with Crippen LogP contribution in [0.2, 0.25) is 0 Å². The van der Waals surface area contributed by atoms with Gasteiger partial charge in [0, 0.05) is 17.7 Å². The van der Waals surface area contributed by atoms with Crippen LogP contribution in [-0.2, 0) is 34.0 Å². The normalized spacial score (nSPS) is 26.6. The van der Waals surface area contributed by atoms with Gasteiger partial charge in [0.15, 0.2) is 9.84 Å². The lowest BCUT2D eigenvalue weighted by Crippen LogP contribution is -2.45. The Kier molecular flexibility index (Phi) is 4.58. The molecule has 3 heterocycles. The van der Waals surface area contributed by atoms with Crippen molar-refractivity contribution in [1.29, 1.82) is 0 Å². The number of amides is 1. The van der Waals surface area contributed by atoms with Crippen molar-refractivity contribution >= 4 is 15.7 Å². The fraction of sp³-hybridized carbons (Fsp3) is 0.765. The molecule has 0 bridgehead atoms. The van der Waals surface area contributed by atoms with E-state index in [4.69, 9.17) is 0 Å². The van der Waals surface area contributed by atoms with Crippen LogP contribution >= 0.6 is 0 Å². The third-order valence-corrected chi connectivity index (χ3v) is 7.70. The fourth-order valence-electron chi connectivity index (χ4n) is 4.44. The molecule has 0 spiro atoms. The van der Waals surface area contributed by atoms with E-state index in [1.54, 1.807) is 0 Å². The van der Waals surface area contributed by atoms with Gasteiger partial charge in [-0.15, -0.1) is 0 Å². The van der Waals surface area contributed by atoms with E-state index in [1.807, 2.05) is 0 Å². The number of aromatic amines is 1. The molecule has 8 heteroatoms. The Labute approximate surface area is 148 Å². The summed E-state index contributed by atoms with van der Waals surface area (Å²) < 4.78 is 23.3. The van der Waals surface area contributed by atoms with Crippen molar-refractivity contribution in [2.24, 2.45) is 5.92 Å². The molecule has 1 atom stereocenters. The highest BCUT2D eigenvalue weighted by Gasteiger charge is 2.35. The molecule has 0 saturated carbocycles. The van der Waals surface area contributed by atoms with Gasteiger partial charge >= 0.3 is 0 Å². The molecule has 2 aliphatic heterocycles. The van der Waals surface area contributed by atoms with Gasteiger partial charge in [-0.05, 0) is 57.2 Å². The van der Waals surface area contributed by atoms with E-state index in [2.05, 4.69) is 20.4 Å². The van der Waals surface area contributed by atoms with Crippen LogP contribution < -0.4 is 5.32 Å². The molecular formula is C17H26N4O3S. The quantitative estimate of drug-likeness (QED) is 0.805. The summed E-state index contributed by atoms with van der Waals surface area (Å²) >= 11 is 0. The molecule has 2 saturated heterocycles. The van der Waals surface area contributed by atoms with Crippen molar-refractivity contribution in [3.8, 4) is 0 Å². The minimum Gasteiger partial charge on any atom is -0.350 e. The van der Waals surface area contributed by atoms with Crippen LogP contribution in [0.1, 0.15) is 42.6 Å². The lowest BCUT2D eigenvalue weighted by molar-refractivity contribution is -0.126. The molecule has 0 aromatic carbocycles.